The van der Waals surface area contributed by atoms with E-state index in [1.807, 2.05) is 12.1 Å². The number of aliphatic carboxylic acids is 1. The summed E-state index contributed by atoms with van der Waals surface area (Å²) in [5.74, 6) is -1.46. The van der Waals surface area contributed by atoms with Crippen molar-refractivity contribution in [3.8, 4) is 16.9 Å². The molecule has 7 nitrogen and oxygen atoms in total. The number of aromatic nitrogens is 2. The molecule has 0 saturated carbocycles. The van der Waals surface area contributed by atoms with E-state index >= 15 is 0 Å². The lowest BCUT2D eigenvalue weighted by Gasteiger charge is -2.21. The average Bonchev–Trinajstić information content (AvgIpc) is 3.33. The fraction of sp³-hybridized carbons (Fsp3) is 0.227. The molecule has 1 unspecified atom stereocenters. The van der Waals surface area contributed by atoms with Gasteiger partial charge in [0.1, 0.15) is 6.04 Å². The van der Waals surface area contributed by atoms with E-state index in [2.05, 4.69) is 10.5 Å². The van der Waals surface area contributed by atoms with Gasteiger partial charge in [0.2, 0.25) is 0 Å². The largest absolute Gasteiger partial charge is 0.480 e. The lowest BCUT2D eigenvalue weighted by molar-refractivity contribution is -0.142. The molecule has 10 heteroatoms. The van der Waals surface area contributed by atoms with Gasteiger partial charge in [0, 0.05) is 27.7 Å². The first-order valence-corrected chi connectivity index (χ1v) is 11.0. The summed E-state index contributed by atoms with van der Waals surface area (Å²) in [5.41, 5.74) is 5.48. The monoisotopic (exact) mass is 492 g/mol. The first-order chi connectivity index (χ1) is 15.3. The molecule has 2 aromatic carbocycles. The first-order valence-electron chi connectivity index (χ1n) is 9.87. The van der Waals surface area contributed by atoms with Crippen LogP contribution in [0.15, 0.2) is 42.5 Å². The van der Waals surface area contributed by atoms with Crippen LogP contribution in [-0.4, -0.2) is 44.4 Å². The molecule has 0 bridgehead atoms. The van der Waals surface area contributed by atoms with Gasteiger partial charge in [-0.3, -0.25) is 15.0 Å². The Labute approximate surface area is 199 Å². The number of carbonyl (C=O) groups is 2. The van der Waals surface area contributed by atoms with Gasteiger partial charge in [-0.1, -0.05) is 46.9 Å². The summed E-state index contributed by atoms with van der Waals surface area (Å²) in [7, 11) is 0. The molecule has 0 spiro atoms. The number of amides is 1. The second kappa shape index (κ2) is 9.11. The van der Waals surface area contributed by atoms with E-state index in [0.717, 1.165) is 5.56 Å². The minimum absolute atomic E-state index is 0.164. The Morgan fingerprint density at radius 3 is 2.44 bits per heavy atom. The van der Waals surface area contributed by atoms with E-state index in [-0.39, 0.29) is 5.69 Å². The minimum atomic E-state index is -0.972. The van der Waals surface area contributed by atoms with Gasteiger partial charge in [-0.05, 0) is 50.1 Å². The molecule has 1 saturated heterocycles. The average molecular weight is 494 g/mol. The summed E-state index contributed by atoms with van der Waals surface area (Å²) in [6.45, 7) is 2.24. The highest BCUT2D eigenvalue weighted by molar-refractivity contribution is 6.35. The van der Waals surface area contributed by atoms with Gasteiger partial charge in [-0.15, -0.1) is 0 Å². The van der Waals surface area contributed by atoms with E-state index in [0.29, 0.717) is 51.4 Å². The number of hydrogen-bond donors (Lipinski definition) is 2. The number of carboxylic acids is 1. The molecule has 1 fully saturated rings. The molecule has 166 valence electrons. The van der Waals surface area contributed by atoms with Gasteiger partial charge < -0.3 is 5.11 Å². The number of nitrogens with one attached hydrogen (secondary N) is 1. The van der Waals surface area contributed by atoms with Gasteiger partial charge in [-0.2, -0.15) is 5.10 Å². The van der Waals surface area contributed by atoms with E-state index in [4.69, 9.17) is 34.8 Å². The highest BCUT2D eigenvalue weighted by Crippen LogP contribution is 2.33. The Kier molecular flexibility index (Phi) is 6.44. The molecule has 1 aliphatic heterocycles. The van der Waals surface area contributed by atoms with Crippen LogP contribution >= 0.6 is 34.8 Å². The van der Waals surface area contributed by atoms with Crippen molar-refractivity contribution in [1.29, 1.82) is 0 Å². The normalized spacial score (nSPS) is 16.3. The summed E-state index contributed by atoms with van der Waals surface area (Å²) in [4.78, 5) is 24.6. The maximum Gasteiger partial charge on any atom is 0.322 e. The van der Waals surface area contributed by atoms with Crippen LogP contribution in [0.5, 0.6) is 0 Å². The lowest BCUT2D eigenvalue weighted by atomic mass is 10.1. The highest BCUT2D eigenvalue weighted by atomic mass is 35.5. The molecule has 1 amide bonds. The Morgan fingerprint density at radius 2 is 1.78 bits per heavy atom. The Balaban J connectivity index is 1.79. The smallest absolute Gasteiger partial charge is 0.322 e. The first kappa shape index (κ1) is 22.6. The van der Waals surface area contributed by atoms with Crippen molar-refractivity contribution in [2.75, 3.05) is 6.54 Å². The second-order valence-electron chi connectivity index (χ2n) is 7.47. The van der Waals surface area contributed by atoms with Crippen LogP contribution < -0.4 is 5.43 Å². The molecular weight excluding hydrogens is 475 g/mol. The molecule has 1 aromatic heterocycles. The Hall–Kier alpha value is -2.58. The van der Waals surface area contributed by atoms with E-state index in [1.165, 1.54) is 5.01 Å². The standard InChI is InChI=1S/C22H19Cl3N4O3/c1-12-19(21(30)27-28-10-2-3-18(28)22(31)32)26-29(17-9-8-15(24)11-16(17)25)20(12)13-4-6-14(23)7-5-13/h4-9,11,18H,2-3,10H2,1H3,(H,27,30)(H,31,32). The van der Waals surface area contributed by atoms with Crippen molar-refractivity contribution < 1.29 is 14.7 Å². The number of benzene rings is 2. The lowest BCUT2D eigenvalue weighted by Crippen LogP contribution is -2.48. The molecule has 1 aliphatic rings. The summed E-state index contributed by atoms with van der Waals surface area (Å²) in [5, 5.41) is 16.8. The molecule has 2 heterocycles. The number of hydrogen-bond acceptors (Lipinski definition) is 4. The predicted molar refractivity (Wildman–Crippen MR) is 124 cm³/mol. The van der Waals surface area contributed by atoms with Crippen LogP contribution in [0.4, 0.5) is 0 Å². The number of halogens is 3. The molecule has 32 heavy (non-hydrogen) atoms. The van der Waals surface area contributed by atoms with E-state index in [1.54, 1.807) is 41.9 Å². The van der Waals surface area contributed by atoms with Gasteiger partial charge in [0.05, 0.1) is 16.4 Å². The molecule has 1 atom stereocenters. The predicted octanol–water partition coefficient (Wildman–Crippen LogP) is 5.00. The van der Waals surface area contributed by atoms with Crippen LogP contribution in [0.2, 0.25) is 15.1 Å². The maximum atomic E-state index is 13.1. The molecule has 2 N–H and O–H groups in total. The summed E-state index contributed by atoms with van der Waals surface area (Å²) in [6.07, 6.45) is 1.15. The zero-order valence-electron chi connectivity index (χ0n) is 17.0. The van der Waals surface area contributed by atoms with Crippen LogP contribution in [-0.2, 0) is 4.79 Å². The van der Waals surface area contributed by atoms with Crippen molar-refractivity contribution in [2.24, 2.45) is 0 Å². The van der Waals surface area contributed by atoms with Gasteiger partial charge >= 0.3 is 5.97 Å². The number of rotatable bonds is 5. The molecule has 0 aliphatic carbocycles. The minimum Gasteiger partial charge on any atom is -0.480 e. The molecule has 4 rings (SSSR count). The number of nitrogens with zero attached hydrogens (tertiary/aromatic N) is 3. The summed E-state index contributed by atoms with van der Waals surface area (Å²) >= 11 is 18.5. The third-order valence-electron chi connectivity index (χ3n) is 5.38. The molecular formula is C22H19Cl3N4O3. The highest BCUT2D eigenvalue weighted by Gasteiger charge is 2.33. The van der Waals surface area contributed by atoms with Crippen LogP contribution in [0.25, 0.3) is 16.9 Å². The van der Waals surface area contributed by atoms with Crippen LogP contribution in [0.3, 0.4) is 0 Å². The van der Waals surface area contributed by atoms with Crippen LogP contribution in [0, 0.1) is 6.92 Å². The summed E-state index contributed by atoms with van der Waals surface area (Å²) in [6, 6.07) is 11.4. The van der Waals surface area contributed by atoms with Crippen molar-refractivity contribution >= 4 is 46.7 Å². The molecule has 0 radical (unpaired) electrons. The Bertz CT molecular complexity index is 1190. The van der Waals surface area contributed by atoms with Crippen molar-refractivity contribution in [3.05, 3.63) is 68.8 Å². The topological polar surface area (TPSA) is 87.5 Å². The quantitative estimate of drug-likeness (QED) is 0.522. The fourth-order valence-electron chi connectivity index (χ4n) is 3.83. The SMILES string of the molecule is Cc1c(C(=O)NN2CCCC2C(=O)O)nn(-c2ccc(Cl)cc2Cl)c1-c1ccc(Cl)cc1. The zero-order chi connectivity index (χ0) is 23.0. The third kappa shape index (κ3) is 4.34. The van der Waals surface area contributed by atoms with Gasteiger partial charge in [-0.25, -0.2) is 9.69 Å². The molecule has 3 aromatic rings. The van der Waals surface area contributed by atoms with Crippen molar-refractivity contribution in [2.45, 2.75) is 25.8 Å². The maximum absolute atomic E-state index is 13.1. The fourth-order valence-corrected chi connectivity index (χ4v) is 4.44. The van der Waals surface area contributed by atoms with Crippen LogP contribution in [0.1, 0.15) is 28.9 Å². The second-order valence-corrected chi connectivity index (χ2v) is 8.75. The Morgan fingerprint density at radius 1 is 1.09 bits per heavy atom. The van der Waals surface area contributed by atoms with Crippen molar-refractivity contribution in [1.82, 2.24) is 20.2 Å². The third-order valence-corrected chi connectivity index (χ3v) is 6.17. The number of carbonyl (C=O) groups excluding carboxylic acids is 1. The number of carboxylic acid groups (broad SMARTS) is 1. The zero-order valence-corrected chi connectivity index (χ0v) is 19.2. The number of hydrazine groups is 1. The van der Waals surface area contributed by atoms with Crippen molar-refractivity contribution in [3.63, 3.8) is 0 Å². The van der Waals surface area contributed by atoms with Gasteiger partial charge in [0.25, 0.3) is 5.91 Å². The summed E-state index contributed by atoms with van der Waals surface area (Å²) < 4.78 is 1.59. The van der Waals surface area contributed by atoms with Gasteiger partial charge in [0.15, 0.2) is 5.69 Å². The van der Waals surface area contributed by atoms with E-state index < -0.39 is 17.9 Å². The van der Waals surface area contributed by atoms with E-state index in [9.17, 15) is 14.7 Å².